The van der Waals surface area contributed by atoms with E-state index in [9.17, 15) is 9.59 Å². The maximum atomic E-state index is 12.4. The molecule has 116 valence electrons. The van der Waals surface area contributed by atoms with Gasteiger partial charge in [-0.1, -0.05) is 43.9 Å². The molecule has 1 heterocycles. The molecule has 4 nitrogen and oxygen atoms in total. The molecule has 1 fully saturated rings. The lowest BCUT2D eigenvalue weighted by Crippen LogP contribution is -2.36. The van der Waals surface area contributed by atoms with Crippen LogP contribution < -0.4 is 10.9 Å². The molecule has 0 saturated heterocycles. The van der Waals surface area contributed by atoms with Gasteiger partial charge in [-0.15, -0.1) is 0 Å². The first-order valence-electron chi connectivity index (χ1n) is 7.99. The molecule has 1 aliphatic rings. The molecule has 0 unspecified atom stereocenters. The van der Waals surface area contributed by atoms with Crippen LogP contribution >= 0.6 is 0 Å². The molecule has 1 aliphatic carbocycles. The lowest BCUT2D eigenvalue weighted by atomic mass is 10.1. The zero-order valence-electron chi connectivity index (χ0n) is 12.9. The summed E-state index contributed by atoms with van der Waals surface area (Å²) in [6, 6.07) is 7.44. The molecule has 1 amide bonds. The molecular formula is C18H21NO3. The molecule has 1 N–H and O–H groups in total. The summed E-state index contributed by atoms with van der Waals surface area (Å²) in [5.41, 5.74) is 0.985. The number of benzene rings is 1. The van der Waals surface area contributed by atoms with Gasteiger partial charge in [0.25, 0.3) is 5.91 Å². The van der Waals surface area contributed by atoms with Crippen LogP contribution in [0.2, 0.25) is 0 Å². The molecule has 4 heteroatoms. The highest BCUT2D eigenvalue weighted by molar-refractivity contribution is 5.97. The van der Waals surface area contributed by atoms with Crippen LogP contribution in [0.3, 0.4) is 0 Å². The third kappa shape index (κ3) is 3.06. The summed E-state index contributed by atoms with van der Waals surface area (Å²) in [7, 11) is 0. The Balaban J connectivity index is 1.87. The van der Waals surface area contributed by atoms with Crippen molar-refractivity contribution in [2.75, 3.05) is 0 Å². The van der Waals surface area contributed by atoms with Gasteiger partial charge in [0, 0.05) is 11.4 Å². The highest BCUT2D eigenvalue weighted by Gasteiger charge is 2.19. The molecule has 1 saturated carbocycles. The maximum Gasteiger partial charge on any atom is 0.349 e. The van der Waals surface area contributed by atoms with Gasteiger partial charge in [0.1, 0.15) is 11.1 Å². The van der Waals surface area contributed by atoms with Crippen LogP contribution in [-0.4, -0.2) is 11.9 Å². The number of rotatable bonds is 2. The Morgan fingerprint density at radius 2 is 1.91 bits per heavy atom. The summed E-state index contributed by atoms with van der Waals surface area (Å²) < 4.78 is 5.34. The fourth-order valence-corrected chi connectivity index (χ4v) is 3.14. The van der Waals surface area contributed by atoms with Crippen LogP contribution in [0.4, 0.5) is 0 Å². The summed E-state index contributed by atoms with van der Waals surface area (Å²) in [5.74, 6) is -0.316. The minimum atomic E-state index is -0.562. The minimum absolute atomic E-state index is 0.0994. The average molecular weight is 299 g/mol. The lowest BCUT2D eigenvalue weighted by Gasteiger charge is -2.15. The Morgan fingerprint density at radius 3 is 2.64 bits per heavy atom. The van der Waals surface area contributed by atoms with Crippen LogP contribution in [0.15, 0.2) is 33.5 Å². The van der Waals surface area contributed by atoms with Crippen molar-refractivity contribution in [2.45, 2.75) is 51.5 Å². The average Bonchev–Trinajstić information content (AvgIpc) is 2.76. The topological polar surface area (TPSA) is 59.3 Å². The van der Waals surface area contributed by atoms with Gasteiger partial charge in [0.05, 0.1) is 0 Å². The summed E-state index contributed by atoms with van der Waals surface area (Å²) >= 11 is 0. The van der Waals surface area contributed by atoms with Crippen molar-refractivity contribution in [3.63, 3.8) is 0 Å². The van der Waals surface area contributed by atoms with Gasteiger partial charge in [-0.25, -0.2) is 4.79 Å². The predicted octanol–water partition coefficient (Wildman–Crippen LogP) is 3.55. The molecule has 22 heavy (non-hydrogen) atoms. The molecule has 1 aromatic carbocycles. The number of aryl methyl sites for hydroxylation is 1. The van der Waals surface area contributed by atoms with Gasteiger partial charge in [-0.3, -0.25) is 4.79 Å². The lowest BCUT2D eigenvalue weighted by molar-refractivity contribution is 0.0930. The third-order valence-corrected chi connectivity index (χ3v) is 4.39. The highest BCUT2D eigenvalue weighted by atomic mass is 16.4. The van der Waals surface area contributed by atoms with Gasteiger partial charge < -0.3 is 9.73 Å². The fourth-order valence-electron chi connectivity index (χ4n) is 3.14. The highest BCUT2D eigenvalue weighted by Crippen LogP contribution is 2.19. The monoisotopic (exact) mass is 299 g/mol. The van der Waals surface area contributed by atoms with Gasteiger partial charge in [-0.05, 0) is 31.4 Å². The molecule has 0 spiro atoms. The maximum absolute atomic E-state index is 12.4. The number of amides is 1. The van der Waals surface area contributed by atoms with E-state index in [1.165, 1.54) is 12.8 Å². The van der Waals surface area contributed by atoms with E-state index in [-0.39, 0.29) is 17.5 Å². The second-order valence-electron chi connectivity index (χ2n) is 6.10. The Kier molecular flexibility index (Phi) is 4.27. The molecule has 0 bridgehead atoms. The van der Waals surface area contributed by atoms with E-state index in [0.29, 0.717) is 5.58 Å². The fraction of sp³-hybridized carbons (Fsp3) is 0.444. The Bertz CT molecular complexity index is 740. The first-order chi connectivity index (χ1) is 10.6. The number of hydrogen-bond donors (Lipinski definition) is 1. The number of nitrogens with one attached hydrogen (secondary N) is 1. The van der Waals surface area contributed by atoms with Crippen LogP contribution in [0, 0.1) is 6.92 Å². The van der Waals surface area contributed by atoms with E-state index in [2.05, 4.69) is 5.32 Å². The second kappa shape index (κ2) is 6.34. The summed E-state index contributed by atoms with van der Waals surface area (Å²) in [6.07, 6.45) is 6.70. The van der Waals surface area contributed by atoms with E-state index in [1.54, 1.807) is 6.07 Å². The number of fused-ring (bicyclic) bond motifs is 1. The Hall–Kier alpha value is -2.10. The van der Waals surface area contributed by atoms with Crippen LogP contribution in [0.5, 0.6) is 0 Å². The first kappa shape index (κ1) is 14.8. The van der Waals surface area contributed by atoms with Crippen molar-refractivity contribution in [3.05, 3.63) is 45.8 Å². The summed E-state index contributed by atoms with van der Waals surface area (Å²) in [5, 5.41) is 3.78. The molecule has 0 atom stereocenters. The molecule has 1 aromatic heterocycles. The quantitative estimate of drug-likeness (QED) is 0.681. The van der Waals surface area contributed by atoms with Crippen LogP contribution in [0.25, 0.3) is 11.0 Å². The van der Waals surface area contributed by atoms with Gasteiger partial charge >= 0.3 is 5.63 Å². The van der Waals surface area contributed by atoms with E-state index < -0.39 is 5.63 Å². The zero-order valence-corrected chi connectivity index (χ0v) is 12.9. The largest absolute Gasteiger partial charge is 0.422 e. The molecule has 2 aromatic rings. The van der Waals surface area contributed by atoms with Crippen molar-refractivity contribution < 1.29 is 9.21 Å². The van der Waals surface area contributed by atoms with E-state index in [0.717, 1.165) is 36.6 Å². The van der Waals surface area contributed by atoms with Crippen molar-refractivity contribution in [2.24, 2.45) is 0 Å². The van der Waals surface area contributed by atoms with Crippen LogP contribution in [0.1, 0.15) is 54.4 Å². The SMILES string of the molecule is Cc1cccc2cc(C(=O)NC3CCCCCC3)c(=O)oc12. The van der Waals surface area contributed by atoms with Crippen molar-refractivity contribution in [1.29, 1.82) is 0 Å². The predicted molar refractivity (Wildman–Crippen MR) is 86.2 cm³/mol. The second-order valence-corrected chi connectivity index (χ2v) is 6.10. The minimum Gasteiger partial charge on any atom is -0.422 e. The van der Waals surface area contributed by atoms with E-state index >= 15 is 0 Å². The number of hydrogen-bond acceptors (Lipinski definition) is 3. The first-order valence-corrected chi connectivity index (χ1v) is 7.99. The molecule has 3 rings (SSSR count). The van der Waals surface area contributed by atoms with Crippen molar-refractivity contribution in [1.82, 2.24) is 5.32 Å². The molecule has 0 radical (unpaired) electrons. The Morgan fingerprint density at radius 1 is 1.18 bits per heavy atom. The smallest absolute Gasteiger partial charge is 0.349 e. The third-order valence-electron chi connectivity index (χ3n) is 4.39. The molecule has 0 aliphatic heterocycles. The summed E-state index contributed by atoms with van der Waals surface area (Å²) in [4.78, 5) is 24.5. The van der Waals surface area contributed by atoms with E-state index in [1.807, 2.05) is 25.1 Å². The van der Waals surface area contributed by atoms with Crippen molar-refractivity contribution >= 4 is 16.9 Å². The number of para-hydroxylation sites is 1. The number of carbonyl (C=O) groups excluding carboxylic acids is 1. The van der Waals surface area contributed by atoms with Crippen LogP contribution in [-0.2, 0) is 0 Å². The van der Waals surface area contributed by atoms with Gasteiger partial charge in [0.15, 0.2) is 0 Å². The standard InChI is InChI=1S/C18H21NO3/c1-12-7-6-8-13-11-15(18(21)22-16(12)13)17(20)19-14-9-4-2-3-5-10-14/h6-8,11,14H,2-5,9-10H2,1H3,(H,19,20). The number of carbonyl (C=O) groups is 1. The zero-order chi connectivity index (χ0) is 15.5. The Labute approximate surface area is 129 Å². The van der Waals surface area contributed by atoms with Crippen molar-refractivity contribution in [3.8, 4) is 0 Å². The summed E-state index contributed by atoms with van der Waals surface area (Å²) in [6.45, 7) is 1.89. The molecular weight excluding hydrogens is 278 g/mol. The van der Waals surface area contributed by atoms with Gasteiger partial charge in [-0.2, -0.15) is 0 Å². The van der Waals surface area contributed by atoms with Gasteiger partial charge in [0.2, 0.25) is 0 Å². The normalized spacial score (nSPS) is 16.4. The van der Waals surface area contributed by atoms with E-state index in [4.69, 9.17) is 4.42 Å².